The lowest BCUT2D eigenvalue weighted by atomic mass is 10.4. The Kier molecular flexibility index (Phi) is 3.91. The van der Waals surface area contributed by atoms with Gasteiger partial charge in [-0.3, -0.25) is 0 Å². The highest BCUT2D eigenvalue weighted by atomic mass is 35.7. The highest BCUT2D eigenvalue weighted by Crippen LogP contribution is 2.33. The zero-order chi connectivity index (χ0) is 14.1. The minimum absolute atomic E-state index is 0.457. The molecule has 0 amide bonds. The van der Waals surface area contributed by atoms with Gasteiger partial charge in [0.1, 0.15) is 0 Å². The molecule has 5 nitrogen and oxygen atoms in total. The van der Waals surface area contributed by atoms with Gasteiger partial charge in [-0.15, -0.1) is 13.2 Å². The summed E-state index contributed by atoms with van der Waals surface area (Å²) in [4.78, 5) is 1.52. The Morgan fingerprint density at radius 2 is 1.94 bits per heavy atom. The van der Waals surface area contributed by atoms with Crippen LogP contribution in [0.1, 0.15) is 0 Å². The Labute approximate surface area is 103 Å². The van der Waals surface area contributed by atoms with Gasteiger partial charge in [0.25, 0.3) is 9.05 Å². The van der Waals surface area contributed by atoms with Crippen LogP contribution in [0, 0.1) is 5.82 Å². The number of methoxy groups -OCH3 is 1. The molecule has 1 aromatic heterocycles. The van der Waals surface area contributed by atoms with Gasteiger partial charge in [0, 0.05) is 16.7 Å². The normalized spacial score (nSPS) is 12.3. The summed E-state index contributed by atoms with van der Waals surface area (Å²) in [6.07, 6.45) is -5.26. The number of halogens is 5. The molecule has 0 aromatic carbocycles. The van der Waals surface area contributed by atoms with E-state index < -0.39 is 37.9 Å². The van der Waals surface area contributed by atoms with Crippen molar-refractivity contribution in [2.45, 2.75) is 11.3 Å². The third kappa shape index (κ3) is 3.60. The molecule has 102 valence electrons. The maximum atomic E-state index is 13.3. The molecule has 0 unspecified atom stereocenters. The number of alkyl halides is 3. The molecule has 1 aromatic rings. The zero-order valence-corrected chi connectivity index (χ0v) is 10.0. The van der Waals surface area contributed by atoms with E-state index in [9.17, 15) is 26.0 Å². The van der Waals surface area contributed by atoms with Gasteiger partial charge >= 0.3 is 6.36 Å². The van der Waals surface area contributed by atoms with Crippen molar-refractivity contribution < 1.29 is 35.5 Å². The van der Waals surface area contributed by atoms with E-state index in [4.69, 9.17) is 10.7 Å². The first-order valence-electron chi connectivity index (χ1n) is 3.99. The zero-order valence-electron chi connectivity index (χ0n) is 8.46. The Morgan fingerprint density at radius 3 is 2.33 bits per heavy atom. The Balaban J connectivity index is 3.49. The monoisotopic (exact) mass is 309 g/mol. The second kappa shape index (κ2) is 4.76. The number of nitrogens with zero attached hydrogens (tertiary/aromatic N) is 1. The maximum Gasteiger partial charge on any atom is 0.574 e. The van der Waals surface area contributed by atoms with Gasteiger partial charge in [-0.2, -0.15) is 4.98 Å². The molecule has 0 N–H and O–H groups in total. The number of hydrogen-bond acceptors (Lipinski definition) is 5. The second-order valence-corrected chi connectivity index (χ2v) is 5.27. The van der Waals surface area contributed by atoms with Crippen molar-refractivity contribution >= 4 is 19.7 Å². The molecule has 0 atom stereocenters. The van der Waals surface area contributed by atoms with Gasteiger partial charge in [0.2, 0.25) is 11.8 Å². The average Bonchev–Trinajstić information content (AvgIpc) is 2.11. The van der Waals surface area contributed by atoms with E-state index >= 15 is 0 Å². The summed E-state index contributed by atoms with van der Waals surface area (Å²) in [6.45, 7) is 0. The molecule has 0 radical (unpaired) electrons. The van der Waals surface area contributed by atoms with Crippen LogP contribution in [-0.2, 0) is 9.05 Å². The fourth-order valence-corrected chi connectivity index (χ4v) is 1.97. The summed E-state index contributed by atoms with van der Waals surface area (Å²) in [6, 6.07) is 0.457. The molecule has 0 spiro atoms. The Hall–Kier alpha value is -1.29. The first-order chi connectivity index (χ1) is 8.04. The summed E-state index contributed by atoms with van der Waals surface area (Å²) < 4.78 is 79.0. The molecule has 0 saturated carbocycles. The van der Waals surface area contributed by atoms with Crippen LogP contribution < -0.4 is 9.47 Å². The van der Waals surface area contributed by atoms with Gasteiger partial charge in [0.05, 0.1) is 7.11 Å². The minimum atomic E-state index is -5.26. The summed E-state index contributed by atoms with van der Waals surface area (Å²) in [5.41, 5.74) is 0. The molecule has 0 fully saturated rings. The van der Waals surface area contributed by atoms with E-state index in [-0.39, 0.29) is 0 Å². The van der Waals surface area contributed by atoms with E-state index in [0.717, 1.165) is 7.11 Å². The van der Waals surface area contributed by atoms with Crippen LogP contribution in [0.4, 0.5) is 17.6 Å². The molecular formula is C7H4ClF4NO4S. The quantitative estimate of drug-likeness (QED) is 0.631. The summed E-state index contributed by atoms with van der Waals surface area (Å²) in [5.74, 6) is -3.72. The number of hydrogen-bond donors (Lipinski definition) is 0. The lowest BCUT2D eigenvalue weighted by Crippen LogP contribution is -2.20. The molecule has 0 saturated heterocycles. The molecular weight excluding hydrogens is 306 g/mol. The number of aromatic nitrogens is 1. The van der Waals surface area contributed by atoms with Crippen molar-refractivity contribution in [1.29, 1.82) is 0 Å². The minimum Gasteiger partial charge on any atom is -0.481 e. The average molecular weight is 310 g/mol. The van der Waals surface area contributed by atoms with E-state index in [2.05, 4.69) is 14.5 Å². The lowest BCUT2D eigenvalue weighted by Gasteiger charge is -2.12. The largest absolute Gasteiger partial charge is 0.574 e. The van der Waals surface area contributed by atoms with Crippen molar-refractivity contribution in [2.24, 2.45) is 0 Å². The lowest BCUT2D eigenvalue weighted by molar-refractivity contribution is -0.277. The fourth-order valence-electron chi connectivity index (χ4n) is 0.963. The summed E-state index contributed by atoms with van der Waals surface area (Å²) >= 11 is 0. The van der Waals surface area contributed by atoms with Crippen LogP contribution >= 0.6 is 10.7 Å². The van der Waals surface area contributed by atoms with Crippen LogP contribution in [-0.4, -0.2) is 26.9 Å². The molecule has 11 heteroatoms. The number of rotatable bonds is 3. The van der Waals surface area contributed by atoms with Crippen molar-refractivity contribution in [2.75, 3.05) is 7.11 Å². The number of pyridine rings is 1. The van der Waals surface area contributed by atoms with Gasteiger partial charge in [-0.1, -0.05) is 0 Å². The highest BCUT2D eigenvalue weighted by Gasteiger charge is 2.36. The van der Waals surface area contributed by atoms with Crippen molar-refractivity contribution in [3.05, 3.63) is 11.9 Å². The fraction of sp³-hybridized carbons (Fsp3) is 0.286. The molecule has 0 aliphatic carbocycles. The van der Waals surface area contributed by atoms with Crippen molar-refractivity contribution in [3.63, 3.8) is 0 Å². The standard InChI is InChI=1S/C7H4ClF4NO4S/c1-16-4-2-3(9)5(18(8,14)15)6(13-4)17-7(10,11)12/h2H,1H3. The Bertz CT molecular complexity index is 559. The van der Waals surface area contributed by atoms with Gasteiger partial charge in [-0.05, 0) is 0 Å². The topological polar surface area (TPSA) is 65.5 Å². The molecule has 0 aliphatic rings. The molecule has 1 rings (SSSR count). The van der Waals surface area contributed by atoms with Crippen LogP contribution in [0.25, 0.3) is 0 Å². The third-order valence-electron chi connectivity index (χ3n) is 1.54. The van der Waals surface area contributed by atoms with E-state index in [1.807, 2.05) is 0 Å². The summed E-state index contributed by atoms with van der Waals surface area (Å²) in [7, 11) is 0.984. The maximum absolute atomic E-state index is 13.3. The van der Waals surface area contributed by atoms with Crippen molar-refractivity contribution in [3.8, 4) is 11.8 Å². The van der Waals surface area contributed by atoms with Gasteiger partial charge in [-0.25, -0.2) is 12.8 Å². The third-order valence-corrected chi connectivity index (χ3v) is 2.86. The van der Waals surface area contributed by atoms with Gasteiger partial charge in [0.15, 0.2) is 10.7 Å². The smallest absolute Gasteiger partial charge is 0.481 e. The van der Waals surface area contributed by atoms with Crippen molar-refractivity contribution in [1.82, 2.24) is 4.98 Å². The van der Waals surface area contributed by atoms with Crippen LogP contribution in [0.3, 0.4) is 0 Å². The van der Waals surface area contributed by atoms with E-state index in [1.165, 1.54) is 0 Å². The second-order valence-electron chi connectivity index (χ2n) is 2.77. The molecule has 0 bridgehead atoms. The van der Waals surface area contributed by atoms with E-state index in [0.29, 0.717) is 6.07 Å². The first-order valence-corrected chi connectivity index (χ1v) is 6.30. The predicted molar refractivity (Wildman–Crippen MR) is 50.5 cm³/mol. The predicted octanol–water partition coefficient (Wildman–Crippen LogP) is 2.06. The van der Waals surface area contributed by atoms with Crippen LogP contribution in [0.15, 0.2) is 11.0 Å². The summed E-state index contributed by atoms with van der Waals surface area (Å²) in [5, 5.41) is 0. The van der Waals surface area contributed by atoms with Gasteiger partial charge < -0.3 is 9.47 Å². The Morgan fingerprint density at radius 1 is 1.39 bits per heavy atom. The SMILES string of the molecule is COc1cc(F)c(S(=O)(=O)Cl)c(OC(F)(F)F)n1. The molecule has 18 heavy (non-hydrogen) atoms. The van der Waals surface area contributed by atoms with Crippen LogP contribution in [0.5, 0.6) is 11.8 Å². The number of ether oxygens (including phenoxy) is 2. The molecule has 1 heterocycles. The highest BCUT2D eigenvalue weighted by molar-refractivity contribution is 8.13. The van der Waals surface area contributed by atoms with Crippen LogP contribution in [0.2, 0.25) is 0 Å². The molecule has 0 aliphatic heterocycles. The van der Waals surface area contributed by atoms with E-state index in [1.54, 1.807) is 0 Å². The first kappa shape index (κ1) is 14.8.